The molecule has 4 amide bonds. The van der Waals surface area contributed by atoms with Gasteiger partial charge in [0.25, 0.3) is 0 Å². The third kappa shape index (κ3) is 18.2. The lowest BCUT2D eigenvalue weighted by Crippen LogP contribution is -2.51. The maximum Gasteiger partial charge on any atom is 0.410 e. The normalized spacial score (nSPS) is 14.3. The molecule has 2 heterocycles. The molecule has 1 aliphatic heterocycles. The molecule has 1 atom stereocenters. The van der Waals surface area contributed by atoms with Crippen molar-refractivity contribution in [3.8, 4) is 0 Å². The number of ether oxygens (including phenoxy) is 2. The Morgan fingerprint density at radius 3 is 1.94 bits per heavy atom. The van der Waals surface area contributed by atoms with E-state index in [1.807, 2.05) is 46.4 Å². The van der Waals surface area contributed by atoms with Crippen molar-refractivity contribution in [2.24, 2.45) is 0 Å². The quantitative estimate of drug-likeness (QED) is 0.163. The van der Waals surface area contributed by atoms with Gasteiger partial charge in [-0.1, -0.05) is 43.7 Å². The highest BCUT2D eigenvalue weighted by Gasteiger charge is 2.27. The number of rotatable bonds is 20. The van der Waals surface area contributed by atoms with Gasteiger partial charge in [0.05, 0.1) is 5.69 Å². The molecule has 1 fully saturated rings. The fraction of sp³-hybridized carbons (Fsp3) is 0.829. The van der Waals surface area contributed by atoms with E-state index in [0.717, 1.165) is 51.4 Å². The van der Waals surface area contributed by atoms with Gasteiger partial charge in [-0.2, -0.15) is 0 Å². The molecule has 280 valence electrons. The second-order valence-electron chi connectivity index (χ2n) is 14.8. The monoisotopic (exact) mass is 693 g/mol. The first kappa shape index (κ1) is 41.7. The molecule has 14 heteroatoms. The van der Waals surface area contributed by atoms with Crippen LogP contribution in [0.4, 0.5) is 9.59 Å². The van der Waals surface area contributed by atoms with Crippen molar-refractivity contribution in [3.05, 3.63) is 11.9 Å². The van der Waals surface area contributed by atoms with Crippen LogP contribution in [-0.2, 0) is 25.5 Å². The smallest absolute Gasteiger partial charge is 0.410 e. The Morgan fingerprint density at radius 1 is 0.776 bits per heavy atom. The van der Waals surface area contributed by atoms with Gasteiger partial charge in [0.2, 0.25) is 11.8 Å². The van der Waals surface area contributed by atoms with Gasteiger partial charge in [-0.15, -0.1) is 5.10 Å². The fourth-order valence-electron chi connectivity index (χ4n) is 5.46. The summed E-state index contributed by atoms with van der Waals surface area (Å²) >= 11 is 0. The number of aliphatic hydroxyl groups excluding tert-OH is 1. The van der Waals surface area contributed by atoms with Crippen LogP contribution in [0.2, 0.25) is 0 Å². The van der Waals surface area contributed by atoms with Gasteiger partial charge in [-0.25, -0.2) is 14.3 Å². The largest absolute Gasteiger partial charge is 0.444 e. The van der Waals surface area contributed by atoms with E-state index in [-0.39, 0.29) is 24.5 Å². The van der Waals surface area contributed by atoms with Gasteiger partial charge in [-0.05, 0) is 73.6 Å². The predicted octanol–water partition coefficient (Wildman–Crippen LogP) is 4.76. The first-order chi connectivity index (χ1) is 23.2. The summed E-state index contributed by atoms with van der Waals surface area (Å²) in [6.45, 7) is 14.1. The standard InChI is InChI=1S/C35H63N7O7/c1-34(2,3)48-32(46)37-21-16-14-17-29(42-27-28(19-26-43)38-39-42)31(45)36-20-15-12-10-8-7-9-11-13-18-30(44)40-22-24-41(25-23-40)33(47)49-35(4,5)6/h27,29,43H,7-26H2,1-6H3,(H,36,45)(H,37,46)/t29-/m0/s1. The van der Waals surface area contributed by atoms with Crippen molar-refractivity contribution in [2.75, 3.05) is 45.9 Å². The molecule has 1 aromatic heterocycles. The van der Waals surface area contributed by atoms with Crippen LogP contribution in [0.1, 0.15) is 130 Å². The Bertz CT molecular complexity index is 1140. The van der Waals surface area contributed by atoms with Gasteiger partial charge in [0.1, 0.15) is 17.2 Å². The zero-order valence-corrected chi connectivity index (χ0v) is 30.9. The summed E-state index contributed by atoms with van der Waals surface area (Å²) in [7, 11) is 0. The lowest BCUT2D eigenvalue weighted by molar-refractivity contribution is -0.133. The van der Waals surface area contributed by atoms with Crippen molar-refractivity contribution in [2.45, 2.75) is 142 Å². The third-order valence-corrected chi connectivity index (χ3v) is 8.02. The molecule has 0 aliphatic carbocycles. The van der Waals surface area contributed by atoms with E-state index in [9.17, 15) is 24.3 Å². The van der Waals surface area contributed by atoms with Gasteiger partial charge in [-0.3, -0.25) is 9.59 Å². The minimum atomic E-state index is -0.554. The predicted molar refractivity (Wildman–Crippen MR) is 187 cm³/mol. The number of aromatic nitrogens is 3. The second-order valence-corrected chi connectivity index (χ2v) is 14.8. The molecule has 14 nitrogen and oxygen atoms in total. The lowest BCUT2D eigenvalue weighted by Gasteiger charge is -2.35. The summed E-state index contributed by atoms with van der Waals surface area (Å²) in [5.74, 6) is 0.0535. The highest BCUT2D eigenvalue weighted by atomic mass is 16.6. The summed E-state index contributed by atoms with van der Waals surface area (Å²) < 4.78 is 12.3. The topological polar surface area (TPSA) is 168 Å². The third-order valence-electron chi connectivity index (χ3n) is 8.02. The van der Waals surface area contributed by atoms with E-state index in [4.69, 9.17) is 9.47 Å². The maximum atomic E-state index is 13.1. The van der Waals surface area contributed by atoms with Crippen molar-refractivity contribution in [3.63, 3.8) is 0 Å². The highest BCUT2D eigenvalue weighted by molar-refractivity contribution is 5.80. The van der Waals surface area contributed by atoms with Crippen LogP contribution in [-0.4, -0.2) is 111 Å². The molecule has 0 bridgehead atoms. The molecule has 49 heavy (non-hydrogen) atoms. The van der Waals surface area contributed by atoms with Crippen molar-refractivity contribution < 1.29 is 33.8 Å². The number of alkyl carbamates (subject to hydrolysis) is 1. The molecule has 1 saturated heterocycles. The van der Waals surface area contributed by atoms with Gasteiger partial charge in [0, 0.05) is 64.9 Å². The zero-order chi connectivity index (χ0) is 36.3. The first-order valence-corrected chi connectivity index (χ1v) is 18.2. The second kappa shape index (κ2) is 21.6. The van der Waals surface area contributed by atoms with Crippen LogP contribution in [0.5, 0.6) is 0 Å². The SMILES string of the molecule is CC(C)(C)OC(=O)NCCCC[C@@H](C(=O)NCCCCCCCCCCC(=O)N1CCN(C(=O)OC(C)(C)C)CC1)n1cc(CCO)nn1. The number of nitrogens with one attached hydrogen (secondary N) is 2. The maximum absolute atomic E-state index is 13.1. The molecule has 0 unspecified atom stereocenters. The van der Waals surface area contributed by atoms with Gasteiger partial charge in [0.15, 0.2) is 0 Å². The molecule has 3 N–H and O–H groups in total. The zero-order valence-electron chi connectivity index (χ0n) is 30.9. The van der Waals surface area contributed by atoms with Crippen LogP contribution >= 0.6 is 0 Å². The van der Waals surface area contributed by atoms with E-state index in [2.05, 4.69) is 20.9 Å². The van der Waals surface area contributed by atoms with Crippen molar-refractivity contribution >= 4 is 24.0 Å². The minimum absolute atomic E-state index is 0.0384. The van der Waals surface area contributed by atoms with Gasteiger partial charge >= 0.3 is 12.2 Å². The van der Waals surface area contributed by atoms with E-state index in [1.54, 1.807) is 15.8 Å². The number of carbonyl (C=O) groups excluding carboxylic acids is 4. The Balaban J connectivity index is 1.56. The number of hydrogen-bond donors (Lipinski definition) is 3. The molecule has 1 aromatic rings. The Hall–Kier alpha value is -3.42. The number of aliphatic hydroxyl groups is 1. The fourth-order valence-corrected chi connectivity index (χ4v) is 5.46. The number of unbranched alkanes of at least 4 members (excludes halogenated alkanes) is 8. The van der Waals surface area contributed by atoms with Crippen LogP contribution in [0, 0.1) is 0 Å². The molecule has 2 rings (SSSR count). The average Bonchev–Trinajstić information content (AvgIpc) is 3.48. The Morgan fingerprint density at radius 2 is 1.33 bits per heavy atom. The number of amides is 4. The highest BCUT2D eigenvalue weighted by Crippen LogP contribution is 2.17. The Labute approximate surface area is 293 Å². The molecule has 0 spiro atoms. The van der Waals surface area contributed by atoms with Crippen LogP contribution in [0.3, 0.4) is 0 Å². The molecule has 0 aromatic carbocycles. The van der Waals surface area contributed by atoms with Crippen molar-refractivity contribution in [1.29, 1.82) is 0 Å². The number of hydrogen-bond acceptors (Lipinski definition) is 9. The summed E-state index contributed by atoms with van der Waals surface area (Å²) in [4.78, 5) is 53.4. The lowest BCUT2D eigenvalue weighted by atomic mass is 10.1. The summed E-state index contributed by atoms with van der Waals surface area (Å²) in [5, 5.41) is 23.3. The number of piperazine rings is 1. The summed E-state index contributed by atoms with van der Waals surface area (Å²) in [6, 6.07) is -0.518. The molecule has 0 saturated carbocycles. The summed E-state index contributed by atoms with van der Waals surface area (Å²) in [5.41, 5.74) is -0.443. The minimum Gasteiger partial charge on any atom is -0.444 e. The van der Waals surface area contributed by atoms with Crippen LogP contribution in [0.15, 0.2) is 6.20 Å². The van der Waals surface area contributed by atoms with Gasteiger partial charge < -0.3 is 35.0 Å². The molecule has 1 aliphatic rings. The molecular weight excluding hydrogens is 630 g/mol. The van der Waals surface area contributed by atoms with E-state index < -0.39 is 23.3 Å². The van der Waals surface area contributed by atoms with E-state index in [1.165, 1.54) is 0 Å². The van der Waals surface area contributed by atoms with Crippen molar-refractivity contribution in [1.82, 2.24) is 35.4 Å². The molecule has 0 radical (unpaired) electrons. The van der Waals surface area contributed by atoms with E-state index >= 15 is 0 Å². The number of nitrogens with zero attached hydrogens (tertiary/aromatic N) is 5. The number of carbonyl (C=O) groups is 4. The molecular formula is C35H63N7O7. The average molecular weight is 694 g/mol. The van der Waals surface area contributed by atoms with E-state index in [0.29, 0.717) is 77.1 Å². The van der Waals surface area contributed by atoms with Crippen LogP contribution in [0.25, 0.3) is 0 Å². The summed E-state index contributed by atoms with van der Waals surface area (Å²) in [6.07, 6.45) is 12.1. The Kier molecular flexibility index (Phi) is 18.4. The van der Waals surface area contributed by atoms with Crippen LogP contribution < -0.4 is 10.6 Å². The first-order valence-electron chi connectivity index (χ1n) is 18.2.